The number of rotatable bonds is 5. The Hall–Kier alpha value is -2.21. The number of nitro groups is 1. The molecular weight excluding hydrogens is 258 g/mol. The van der Waals surface area contributed by atoms with E-state index in [0.29, 0.717) is 31.1 Å². The summed E-state index contributed by atoms with van der Waals surface area (Å²) >= 11 is 0. The van der Waals surface area contributed by atoms with Crippen LogP contribution in [0, 0.1) is 17.0 Å². The van der Waals surface area contributed by atoms with Gasteiger partial charge in [0.25, 0.3) is 0 Å². The summed E-state index contributed by atoms with van der Waals surface area (Å²) in [6, 6.07) is 9.66. The van der Waals surface area contributed by atoms with E-state index >= 15 is 0 Å². The molecule has 0 spiro atoms. The van der Waals surface area contributed by atoms with E-state index in [4.69, 9.17) is 4.74 Å². The van der Waals surface area contributed by atoms with Gasteiger partial charge in [-0.2, -0.15) is 0 Å². The van der Waals surface area contributed by atoms with Crippen molar-refractivity contribution >= 4 is 5.82 Å². The van der Waals surface area contributed by atoms with Gasteiger partial charge in [-0.05, 0) is 10.5 Å². The van der Waals surface area contributed by atoms with Crippen molar-refractivity contribution in [2.45, 2.75) is 26.0 Å². The van der Waals surface area contributed by atoms with Crippen LogP contribution in [0.4, 0.5) is 5.82 Å². The lowest BCUT2D eigenvalue weighted by Crippen LogP contribution is -2.09. The predicted octanol–water partition coefficient (Wildman–Crippen LogP) is 2.09. The van der Waals surface area contributed by atoms with E-state index in [1.165, 1.54) is 0 Å². The van der Waals surface area contributed by atoms with Gasteiger partial charge in [-0.15, -0.1) is 0 Å². The Balaban J connectivity index is 1.95. The number of hydrogen-bond donors (Lipinski definition) is 0. The Labute approximate surface area is 116 Å². The molecule has 0 bridgehead atoms. The smallest absolute Gasteiger partial charge is 0.346 e. The minimum absolute atomic E-state index is 0.0850. The van der Waals surface area contributed by atoms with Crippen LogP contribution in [0.3, 0.4) is 0 Å². The highest BCUT2D eigenvalue weighted by Crippen LogP contribution is 2.25. The van der Waals surface area contributed by atoms with Crippen LogP contribution < -0.4 is 0 Å². The van der Waals surface area contributed by atoms with E-state index in [9.17, 15) is 10.1 Å². The number of ether oxygens (including phenoxy) is 1. The zero-order chi connectivity index (χ0) is 14.1. The van der Waals surface area contributed by atoms with E-state index in [0.717, 1.165) is 5.56 Å². The second-order valence-corrected chi connectivity index (χ2v) is 4.91. The molecule has 6 heteroatoms. The number of nitrogens with zero attached hydrogens (tertiary/aromatic N) is 3. The Morgan fingerprint density at radius 1 is 1.45 bits per heavy atom. The molecule has 1 aromatic heterocycles. The molecule has 0 saturated carbocycles. The Morgan fingerprint density at radius 3 is 2.75 bits per heavy atom. The van der Waals surface area contributed by atoms with Crippen molar-refractivity contribution in [3.63, 3.8) is 0 Å². The van der Waals surface area contributed by atoms with Crippen molar-refractivity contribution in [1.82, 2.24) is 9.55 Å². The molecule has 1 aromatic carbocycles. The highest BCUT2D eigenvalue weighted by atomic mass is 16.6. The van der Waals surface area contributed by atoms with Gasteiger partial charge in [0.1, 0.15) is 18.3 Å². The zero-order valence-corrected chi connectivity index (χ0v) is 11.2. The molecule has 0 aliphatic carbocycles. The molecule has 3 rings (SSSR count). The van der Waals surface area contributed by atoms with Crippen molar-refractivity contribution in [1.29, 1.82) is 0 Å². The summed E-state index contributed by atoms with van der Waals surface area (Å²) in [6.45, 7) is 2.97. The van der Waals surface area contributed by atoms with E-state index in [-0.39, 0.29) is 16.8 Å². The normalized spacial score (nSPS) is 17.1. The first-order valence-electron chi connectivity index (χ1n) is 6.51. The Kier molecular flexibility index (Phi) is 3.23. The van der Waals surface area contributed by atoms with Gasteiger partial charge in [-0.1, -0.05) is 30.3 Å². The molecule has 1 saturated heterocycles. The van der Waals surface area contributed by atoms with Crippen LogP contribution in [-0.2, 0) is 17.7 Å². The van der Waals surface area contributed by atoms with E-state index < -0.39 is 0 Å². The van der Waals surface area contributed by atoms with E-state index in [1.807, 2.05) is 30.3 Å². The average Bonchev–Trinajstić information content (AvgIpc) is 3.17. The predicted molar refractivity (Wildman–Crippen MR) is 72.6 cm³/mol. The van der Waals surface area contributed by atoms with Gasteiger partial charge in [-0.25, -0.2) is 9.55 Å². The first-order chi connectivity index (χ1) is 9.65. The van der Waals surface area contributed by atoms with Crippen LogP contribution in [0.15, 0.2) is 30.3 Å². The SMILES string of the molecule is Cc1nc(Cc2ccccc2)c([N+](=O)[O-])n1CC1CO1. The third-order valence-electron chi connectivity index (χ3n) is 3.38. The maximum Gasteiger partial charge on any atom is 0.346 e. The number of benzene rings is 1. The third kappa shape index (κ3) is 2.55. The summed E-state index contributed by atoms with van der Waals surface area (Å²) in [5.74, 6) is 0.750. The van der Waals surface area contributed by atoms with Crippen molar-refractivity contribution < 1.29 is 9.66 Å². The topological polar surface area (TPSA) is 73.5 Å². The van der Waals surface area contributed by atoms with Gasteiger partial charge < -0.3 is 14.9 Å². The highest BCUT2D eigenvalue weighted by molar-refractivity contribution is 5.35. The van der Waals surface area contributed by atoms with Crippen molar-refractivity contribution in [2.24, 2.45) is 0 Å². The first kappa shape index (κ1) is 12.8. The summed E-state index contributed by atoms with van der Waals surface area (Å²) in [6.07, 6.45) is 0.558. The van der Waals surface area contributed by atoms with Gasteiger partial charge in [0.2, 0.25) is 0 Å². The molecule has 104 valence electrons. The lowest BCUT2D eigenvalue weighted by atomic mass is 10.1. The van der Waals surface area contributed by atoms with Crippen LogP contribution in [0.2, 0.25) is 0 Å². The maximum atomic E-state index is 11.4. The summed E-state index contributed by atoms with van der Waals surface area (Å²) in [5.41, 5.74) is 1.53. The summed E-state index contributed by atoms with van der Waals surface area (Å²) in [4.78, 5) is 15.4. The van der Waals surface area contributed by atoms with Crippen molar-refractivity contribution in [3.8, 4) is 0 Å². The molecule has 0 amide bonds. The quantitative estimate of drug-likeness (QED) is 0.475. The maximum absolute atomic E-state index is 11.4. The molecule has 1 aliphatic rings. The van der Waals surface area contributed by atoms with E-state index in [2.05, 4.69) is 4.98 Å². The molecule has 0 N–H and O–H groups in total. The summed E-state index contributed by atoms with van der Waals surface area (Å²) in [5, 5.41) is 11.4. The van der Waals surface area contributed by atoms with Crippen LogP contribution in [0.1, 0.15) is 17.1 Å². The lowest BCUT2D eigenvalue weighted by Gasteiger charge is -2.02. The molecular formula is C14H15N3O3. The zero-order valence-electron chi connectivity index (χ0n) is 11.2. The molecule has 6 nitrogen and oxygen atoms in total. The fourth-order valence-electron chi connectivity index (χ4n) is 2.32. The fourth-order valence-corrected chi connectivity index (χ4v) is 2.32. The minimum Gasteiger partial charge on any atom is -0.369 e. The first-order valence-corrected chi connectivity index (χ1v) is 6.51. The second-order valence-electron chi connectivity index (χ2n) is 4.91. The van der Waals surface area contributed by atoms with Gasteiger partial charge in [0.05, 0.1) is 6.61 Å². The monoisotopic (exact) mass is 273 g/mol. The fraction of sp³-hybridized carbons (Fsp3) is 0.357. The van der Waals surface area contributed by atoms with Crippen LogP contribution in [0.5, 0.6) is 0 Å². The molecule has 2 aromatic rings. The van der Waals surface area contributed by atoms with E-state index in [1.54, 1.807) is 11.5 Å². The number of aromatic nitrogens is 2. The lowest BCUT2D eigenvalue weighted by molar-refractivity contribution is -0.393. The van der Waals surface area contributed by atoms with Crippen LogP contribution >= 0.6 is 0 Å². The number of imidazole rings is 1. The third-order valence-corrected chi connectivity index (χ3v) is 3.38. The van der Waals surface area contributed by atoms with Gasteiger partial charge in [0, 0.05) is 13.3 Å². The van der Waals surface area contributed by atoms with Crippen molar-refractivity contribution in [2.75, 3.05) is 6.61 Å². The molecule has 1 atom stereocenters. The van der Waals surface area contributed by atoms with Crippen molar-refractivity contribution in [3.05, 3.63) is 57.5 Å². The molecule has 20 heavy (non-hydrogen) atoms. The Bertz CT molecular complexity index is 633. The van der Waals surface area contributed by atoms with Crippen LogP contribution in [-0.4, -0.2) is 27.2 Å². The highest BCUT2D eigenvalue weighted by Gasteiger charge is 2.32. The second kappa shape index (κ2) is 5.05. The number of aryl methyl sites for hydroxylation is 1. The average molecular weight is 273 g/mol. The summed E-state index contributed by atoms with van der Waals surface area (Å²) < 4.78 is 6.81. The largest absolute Gasteiger partial charge is 0.369 e. The molecule has 1 unspecified atom stereocenters. The number of hydrogen-bond acceptors (Lipinski definition) is 4. The molecule has 1 fully saturated rings. The molecule has 1 aliphatic heterocycles. The van der Waals surface area contributed by atoms with Crippen LogP contribution in [0.25, 0.3) is 0 Å². The number of epoxide rings is 1. The Morgan fingerprint density at radius 2 is 2.15 bits per heavy atom. The molecule has 0 radical (unpaired) electrons. The summed E-state index contributed by atoms with van der Waals surface area (Å²) in [7, 11) is 0. The minimum atomic E-state index is -0.347. The van der Waals surface area contributed by atoms with Gasteiger partial charge in [-0.3, -0.25) is 0 Å². The standard InChI is InChI=1S/C14H15N3O3/c1-10-15-13(7-11-5-3-2-4-6-11)14(17(18)19)16(10)8-12-9-20-12/h2-6,12H,7-9H2,1H3. The van der Waals surface area contributed by atoms with Gasteiger partial charge >= 0.3 is 5.82 Å². The van der Waals surface area contributed by atoms with Gasteiger partial charge in [0.15, 0.2) is 5.82 Å². The molecule has 2 heterocycles.